The van der Waals surface area contributed by atoms with E-state index in [2.05, 4.69) is 13.4 Å². The number of ether oxygens (including phenoxy) is 1. The van der Waals surface area contributed by atoms with Gasteiger partial charge in [-0.05, 0) is 6.92 Å². The number of hydrogen-bond acceptors (Lipinski definition) is 8. The molecule has 0 amide bonds. The summed E-state index contributed by atoms with van der Waals surface area (Å²) in [5.74, 6) is 0. The first-order valence-electron chi connectivity index (χ1n) is 5.45. The highest BCUT2D eigenvalue weighted by atomic mass is 31.3. The first-order chi connectivity index (χ1) is 8.71. The van der Waals surface area contributed by atoms with Crippen LogP contribution >= 0.6 is 15.6 Å². The van der Waals surface area contributed by atoms with Crippen molar-refractivity contribution in [2.75, 3.05) is 20.8 Å². The van der Waals surface area contributed by atoms with Crippen molar-refractivity contribution in [3.8, 4) is 0 Å². The molecule has 1 fully saturated rings. The van der Waals surface area contributed by atoms with E-state index in [4.69, 9.17) is 14.2 Å². The van der Waals surface area contributed by atoms with Crippen molar-refractivity contribution in [1.29, 1.82) is 0 Å². The zero-order chi connectivity index (χ0) is 14.7. The smallest absolute Gasteiger partial charge is 0.390 e. The maximum atomic E-state index is 11.9. The van der Waals surface area contributed by atoms with Crippen LogP contribution in [0.3, 0.4) is 0 Å². The van der Waals surface area contributed by atoms with E-state index >= 15 is 0 Å². The van der Waals surface area contributed by atoms with Gasteiger partial charge in [0.2, 0.25) is 0 Å². The van der Waals surface area contributed by atoms with Crippen molar-refractivity contribution in [3.63, 3.8) is 0 Å². The molecule has 0 bridgehead atoms. The van der Waals surface area contributed by atoms with Crippen LogP contribution in [-0.4, -0.2) is 49.1 Å². The van der Waals surface area contributed by atoms with Gasteiger partial charge in [0, 0.05) is 20.6 Å². The van der Waals surface area contributed by atoms with E-state index in [-0.39, 0.29) is 12.7 Å². The molecule has 9 nitrogen and oxygen atoms in total. The highest BCUT2D eigenvalue weighted by Crippen LogP contribution is 2.62. The molecule has 0 aromatic heterocycles. The van der Waals surface area contributed by atoms with Crippen LogP contribution in [0.15, 0.2) is 0 Å². The van der Waals surface area contributed by atoms with Gasteiger partial charge in [0.25, 0.3) is 0 Å². The van der Waals surface area contributed by atoms with E-state index in [1.54, 1.807) is 6.92 Å². The van der Waals surface area contributed by atoms with E-state index in [9.17, 15) is 14.2 Å². The molecule has 0 aliphatic carbocycles. The Balaban J connectivity index is 2.57. The zero-order valence-corrected chi connectivity index (χ0v) is 12.6. The molecule has 0 aromatic rings. The van der Waals surface area contributed by atoms with Gasteiger partial charge in [-0.15, -0.1) is 0 Å². The van der Waals surface area contributed by atoms with Gasteiger partial charge in [-0.2, -0.15) is 4.31 Å². The number of aliphatic hydroxyl groups is 1. The van der Waals surface area contributed by atoms with Crippen LogP contribution < -0.4 is 0 Å². The Morgan fingerprint density at radius 3 is 2.37 bits per heavy atom. The zero-order valence-electron chi connectivity index (χ0n) is 10.8. The van der Waals surface area contributed by atoms with Crippen molar-refractivity contribution in [3.05, 3.63) is 0 Å². The fraction of sp³-hybridized carbons (Fsp3) is 1.00. The van der Waals surface area contributed by atoms with E-state index in [0.29, 0.717) is 6.42 Å². The Morgan fingerprint density at radius 1 is 1.32 bits per heavy atom. The first kappa shape index (κ1) is 17.2. The molecular formula is C8H18O9P2. The summed E-state index contributed by atoms with van der Waals surface area (Å²) in [7, 11) is -6.88. The number of phosphoric ester groups is 2. The van der Waals surface area contributed by atoms with E-state index in [1.165, 1.54) is 0 Å². The van der Waals surface area contributed by atoms with Gasteiger partial charge in [-0.1, -0.05) is 0 Å². The van der Waals surface area contributed by atoms with Crippen LogP contribution in [0.25, 0.3) is 0 Å². The normalized spacial score (nSPS) is 33.8. The molecule has 0 radical (unpaired) electrons. The molecule has 5 atom stereocenters. The number of aliphatic hydroxyl groups excluding tert-OH is 1. The van der Waals surface area contributed by atoms with Crippen molar-refractivity contribution < 1.29 is 41.7 Å². The summed E-state index contributed by atoms with van der Waals surface area (Å²) in [5, 5.41) is 9.60. The van der Waals surface area contributed by atoms with Crippen LogP contribution in [0, 0.1) is 0 Å². The minimum atomic E-state index is -4.52. The molecule has 11 heteroatoms. The second kappa shape index (κ2) is 6.76. The molecule has 3 unspecified atom stereocenters. The SMILES string of the molecule is COP(=O)(O)OP(=O)(OC)OCC1O[C@@H](C)C[C@@H]1O. The minimum Gasteiger partial charge on any atom is -0.390 e. The maximum absolute atomic E-state index is 11.9. The lowest BCUT2D eigenvalue weighted by molar-refractivity contribution is -0.0179. The fourth-order valence-corrected chi connectivity index (χ4v) is 3.69. The molecule has 19 heavy (non-hydrogen) atoms. The molecule has 1 saturated heterocycles. The molecule has 1 rings (SSSR count). The van der Waals surface area contributed by atoms with Crippen molar-refractivity contribution in [2.45, 2.75) is 31.7 Å². The number of phosphoric acid groups is 2. The molecule has 0 aromatic carbocycles. The fourth-order valence-electron chi connectivity index (χ4n) is 1.52. The highest BCUT2D eigenvalue weighted by molar-refractivity contribution is 7.61. The van der Waals surface area contributed by atoms with Crippen molar-refractivity contribution in [2.24, 2.45) is 0 Å². The Kier molecular flexibility index (Phi) is 6.13. The van der Waals surface area contributed by atoms with Crippen LogP contribution in [-0.2, 0) is 31.7 Å². The molecule has 1 aliphatic rings. The highest BCUT2D eigenvalue weighted by Gasteiger charge is 2.39. The van der Waals surface area contributed by atoms with Gasteiger partial charge in [-0.25, -0.2) is 9.13 Å². The van der Waals surface area contributed by atoms with Gasteiger partial charge in [-0.3, -0.25) is 13.6 Å². The predicted octanol–water partition coefficient (Wildman–Crippen LogP) is 1.06. The van der Waals surface area contributed by atoms with Gasteiger partial charge >= 0.3 is 15.6 Å². The van der Waals surface area contributed by atoms with Gasteiger partial charge < -0.3 is 14.7 Å². The third kappa shape index (κ3) is 5.23. The Labute approximate surface area is 111 Å². The van der Waals surface area contributed by atoms with E-state index < -0.39 is 27.9 Å². The van der Waals surface area contributed by atoms with E-state index in [0.717, 1.165) is 14.2 Å². The molecule has 2 N–H and O–H groups in total. The Hall–Kier alpha value is 0.180. The second-order valence-electron chi connectivity index (χ2n) is 3.95. The second-order valence-corrected chi connectivity index (χ2v) is 7.42. The summed E-state index contributed by atoms with van der Waals surface area (Å²) in [6, 6.07) is 0. The molecule has 1 heterocycles. The lowest BCUT2D eigenvalue weighted by atomic mass is 10.1. The third-order valence-corrected chi connectivity index (χ3v) is 5.46. The third-order valence-electron chi connectivity index (χ3n) is 2.46. The Morgan fingerprint density at radius 2 is 1.95 bits per heavy atom. The molecule has 0 spiro atoms. The summed E-state index contributed by atoms with van der Waals surface area (Å²) in [6.07, 6.45) is -1.22. The number of rotatable bonds is 7. The summed E-state index contributed by atoms with van der Waals surface area (Å²) in [6.45, 7) is 1.46. The van der Waals surface area contributed by atoms with Gasteiger partial charge in [0.1, 0.15) is 6.10 Å². The molecular weight excluding hydrogens is 302 g/mol. The summed E-state index contributed by atoms with van der Waals surface area (Å²) in [4.78, 5) is 9.07. The van der Waals surface area contributed by atoms with E-state index in [1.807, 2.05) is 0 Å². The quantitative estimate of drug-likeness (QED) is 0.663. The Bertz CT molecular complexity index is 386. The van der Waals surface area contributed by atoms with Crippen molar-refractivity contribution >= 4 is 15.6 Å². The molecule has 0 saturated carbocycles. The standard InChI is InChI=1S/C8H18O9P2/c1-6-4-7(9)8(16-6)5-15-19(12,14-3)17-18(10,11)13-2/h6-9H,4-5H2,1-3H3,(H,10,11)/t6-,7-,8?,19?/m0/s1. The molecule has 114 valence electrons. The van der Waals surface area contributed by atoms with Gasteiger partial charge in [0.15, 0.2) is 0 Å². The lowest BCUT2D eigenvalue weighted by Gasteiger charge is -2.20. The molecule has 1 aliphatic heterocycles. The number of hydrogen-bond donors (Lipinski definition) is 2. The predicted molar refractivity (Wildman–Crippen MR) is 63.4 cm³/mol. The summed E-state index contributed by atoms with van der Waals surface area (Å²) < 4.78 is 46.1. The largest absolute Gasteiger partial charge is 0.483 e. The first-order valence-corrected chi connectivity index (χ1v) is 8.40. The van der Waals surface area contributed by atoms with Gasteiger partial charge in [0.05, 0.1) is 18.8 Å². The van der Waals surface area contributed by atoms with Crippen molar-refractivity contribution in [1.82, 2.24) is 0 Å². The average Bonchev–Trinajstić information content (AvgIpc) is 2.65. The van der Waals surface area contributed by atoms with Crippen LogP contribution in [0.4, 0.5) is 0 Å². The lowest BCUT2D eigenvalue weighted by Crippen LogP contribution is -2.26. The maximum Gasteiger partial charge on any atom is 0.483 e. The van der Waals surface area contributed by atoms with Crippen LogP contribution in [0.2, 0.25) is 0 Å². The van der Waals surface area contributed by atoms with Crippen LogP contribution in [0.1, 0.15) is 13.3 Å². The summed E-state index contributed by atoms with van der Waals surface area (Å²) >= 11 is 0. The average molecular weight is 320 g/mol. The van der Waals surface area contributed by atoms with Crippen LogP contribution in [0.5, 0.6) is 0 Å². The topological polar surface area (TPSA) is 121 Å². The minimum absolute atomic E-state index is 0.158. The monoisotopic (exact) mass is 320 g/mol. The summed E-state index contributed by atoms with van der Waals surface area (Å²) in [5.41, 5.74) is 0.